The van der Waals surface area contributed by atoms with Crippen LogP contribution >= 0.6 is 0 Å². The largest absolute Gasteiger partial charge is 0.299 e. The maximum absolute atomic E-state index is 11.7. The Morgan fingerprint density at radius 2 is 2.06 bits per heavy atom. The summed E-state index contributed by atoms with van der Waals surface area (Å²) in [6.45, 7) is 0. The lowest BCUT2D eigenvalue weighted by molar-refractivity contribution is -0.120. The second-order valence-electron chi connectivity index (χ2n) is 4.73. The van der Waals surface area contributed by atoms with Crippen molar-refractivity contribution in [3.63, 3.8) is 0 Å². The highest BCUT2D eigenvalue weighted by molar-refractivity contribution is 5.85. The number of ketones is 1. The first kappa shape index (κ1) is 10.5. The number of fused-ring (bicyclic) bond motifs is 1. The fraction of sp³-hybridized carbons (Fsp3) is 0.333. The number of benzene rings is 1. The first-order chi connectivity index (χ1) is 8.34. The van der Waals surface area contributed by atoms with Crippen LogP contribution in [0.5, 0.6) is 0 Å². The zero-order chi connectivity index (χ0) is 11.7. The van der Waals surface area contributed by atoms with E-state index in [1.807, 2.05) is 18.3 Å². The molecule has 1 heterocycles. The Hall–Kier alpha value is -1.70. The Morgan fingerprint density at radius 3 is 2.88 bits per heavy atom. The van der Waals surface area contributed by atoms with Gasteiger partial charge in [-0.25, -0.2) is 0 Å². The highest BCUT2D eigenvalue weighted by Crippen LogP contribution is 2.31. The van der Waals surface area contributed by atoms with Gasteiger partial charge in [-0.15, -0.1) is 0 Å². The molecule has 0 bridgehead atoms. The number of nitrogens with zero attached hydrogens (tertiary/aromatic N) is 1. The average Bonchev–Trinajstić information content (AvgIpc) is 3.20. The van der Waals surface area contributed by atoms with E-state index in [1.165, 1.54) is 5.56 Å². The average molecular weight is 225 g/mol. The van der Waals surface area contributed by atoms with Crippen LogP contribution in [0, 0.1) is 5.92 Å². The third kappa shape index (κ3) is 2.21. The lowest BCUT2D eigenvalue weighted by atomic mass is 10.0. The summed E-state index contributed by atoms with van der Waals surface area (Å²) in [5, 5.41) is 1.16. The van der Waals surface area contributed by atoms with Crippen LogP contribution in [-0.4, -0.2) is 10.8 Å². The number of pyridine rings is 1. The SMILES string of the molecule is O=C(CCc1cccc2cccnc12)C1CC1. The van der Waals surface area contributed by atoms with Crippen LogP contribution in [0.25, 0.3) is 10.9 Å². The van der Waals surface area contributed by atoms with Gasteiger partial charge in [-0.2, -0.15) is 0 Å². The van der Waals surface area contributed by atoms with Crippen molar-refractivity contribution in [1.82, 2.24) is 4.98 Å². The normalized spacial score (nSPS) is 15.1. The number of hydrogen-bond acceptors (Lipinski definition) is 2. The summed E-state index contributed by atoms with van der Waals surface area (Å²) in [6, 6.07) is 10.2. The van der Waals surface area contributed by atoms with Crippen molar-refractivity contribution < 1.29 is 4.79 Å². The third-order valence-corrected chi connectivity index (χ3v) is 3.39. The van der Waals surface area contributed by atoms with Crippen molar-refractivity contribution in [3.05, 3.63) is 42.1 Å². The van der Waals surface area contributed by atoms with Crippen molar-refractivity contribution in [2.45, 2.75) is 25.7 Å². The van der Waals surface area contributed by atoms with E-state index in [-0.39, 0.29) is 0 Å². The number of Topliss-reactive ketones (excluding diaryl/α,β-unsaturated/α-hetero) is 1. The van der Waals surface area contributed by atoms with E-state index in [1.54, 1.807) is 0 Å². The molecule has 0 N–H and O–H groups in total. The molecular formula is C15H15NO. The van der Waals surface area contributed by atoms with Crippen molar-refractivity contribution in [2.24, 2.45) is 5.92 Å². The van der Waals surface area contributed by atoms with Gasteiger partial charge in [0.1, 0.15) is 5.78 Å². The zero-order valence-electron chi connectivity index (χ0n) is 9.73. The maximum Gasteiger partial charge on any atom is 0.136 e. The van der Waals surface area contributed by atoms with Gasteiger partial charge in [0.05, 0.1) is 5.52 Å². The second kappa shape index (κ2) is 4.28. The molecule has 1 aromatic carbocycles. The molecule has 17 heavy (non-hydrogen) atoms. The zero-order valence-corrected chi connectivity index (χ0v) is 9.73. The molecule has 0 spiro atoms. The van der Waals surface area contributed by atoms with Crippen LogP contribution in [0.3, 0.4) is 0 Å². The van der Waals surface area contributed by atoms with E-state index >= 15 is 0 Å². The minimum Gasteiger partial charge on any atom is -0.299 e. The molecule has 0 aliphatic heterocycles. The first-order valence-electron chi connectivity index (χ1n) is 6.20. The van der Waals surface area contributed by atoms with E-state index in [2.05, 4.69) is 23.2 Å². The fourth-order valence-electron chi connectivity index (χ4n) is 2.24. The lowest BCUT2D eigenvalue weighted by Gasteiger charge is -2.04. The molecule has 2 aromatic rings. The molecular weight excluding hydrogens is 210 g/mol. The van der Waals surface area contributed by atoms with Crippen molar-refractivity contribution in [1.29, 1.82) is 0 Å². The molecule has 0 unspecified atom stereocenters. The van der Waals surface area contributed by atoms with Crippen LogP contribution < -0.4 is 0 Å². The summed E-state index contributed by atoms with van der Waals surface area (Å²) in [5.41, 5.74) is 2.23. The number of para-hydroxylation sites is 1. The number of aryl methyl sites for hydroxylation is 1. The molecule has 1 aliphatic rings. The van der Waals surface area contributed by atoms with E-state index in [0.717, 1.165) is 30.2 Å². The standard InChI is InChI=1S/C15H15NO/c17-14(11-6-7-11)9-8-13-4-1-3-12-5-2-10-16-15(12)13/h1-5,10-11H,6-9H2. The molecule has 1 aliphatic carbocycles. The van der Waals surface area contributed by atoms with Crippen LogP contribution in [0.1, 0.15) is 24.8 Å². The topological polar surface area (TPSA) is 30.0 Å². The Bertz CT molecular complexity index is 552. The van der Waals surface area contributed by atoms with Crippen molar-refractivity contribution >= 4 is 16.7 Å². The molecule has 0 amide bonds. The summed E-state index contributed by atoms with van der Waals surface area (Å²) in [4.78, 5) is 16.1. The smallest absolute Gasteiger partial charge is 0.136 e. The highest BCUT2D eigenvalue weighted by Gasteiger charge is 2.28. The van der Waals surface area contributed by atoms with Gasteiger partial charge in [-0.3, -0.25) is 9.78 Å². The summed E-state index contributed by atoms with van der Waals surface area (Å²) >= 11 is 0. The highest BCUT2D eigenvalue weighted by atomic mass is 16.1. The predicted molar refractivity (Wildman–Crippen MR) is 67.8 cm³/mol. The fourth-order valence-corrected chi connectivity index (χ4v) is 2.24. The molecule has 0 radical (unpaired) electrons. The van der Waals surface area contributed by atoms with Gasteiger partial charge in [0.2, 0.25) is 0 Å². The van der Waals surface area contributed by atoms with E-state index < -0.39 is 0 Å². The van der Waals surface area contributed by atoms with Gasteiger partial charge < -0.3 is 0 Å². The minimum absolute atomic E-state index is 0.373. The number of carbonyl (C=O) groups is 1. The quantitative estimate of drug-likeness (QED) is 0.800. The van der Waals surface area contributed by atoms with Gasteiger partial charge in [-0.1, -0.05) is 24.3 Å². The van der Waals surface area contributed by atoms with Crippen LogP contribution in [0.15, 0.2) is 36.5 Å². The van der Waals surface area contributed by atoms with Crippen LogP contribution in [0.4, 0.5) is 0 Å². The molecule has 1 aromatic heterocycles. The Kier molecular flexibility index (Phi) is 2.63. The Balaban J connectivity index is 1.82. The molecule has 2 nitrogen and oxygen atoms in total. The molecule has 2 heteroatoms. The number of hydrogen-bond donors (Lipinski definition) is 0. The summed E-state index contributed by atoms with van der Waals surface area (Å²) in [7, 11) is 0. The summed E-state index contributed by atoms with van der Waals surface area (Å²) in [5.74, 6) is 0.802. The second-order valence-corrected chi connectivity index (χ2v) is 4.73. The minimum atomic E-state index is 0.373. The first-order valence-corrected chi connectivity index (χ1v) is 6.20. The number of aromatic nitrogens is 1. The molecule has 3 rings (SSSR count). The molecule has 0 atom stereocenters. The summed E-state index contributed by atoms with van der Waals surface area (Å²) in [6.07, 6.45) is 5.51. The van der Waals surface area contributed by atoms with Crippen LogP contribution in [-0.2, 0) is 11.2 Å². The summed E-state index contributed by atoms with van der Waals surface area (Å²) < 4.78 is 0. The van der Waals surface area contributed by atoms with E-state index in [0.29, 0.717) is 18.1 Å². The van der Waals surface area contributed by atoms with Gasteiger partial charge in [0.15, 0.2) is 0 Å². The number of rotatable bonds is 4. The lowest BCUT2D eigenvalue weighted by Crippen LogP contribution is -2.02. The van der Waals surface area contributed by atoms with Crippen molar-refractivity contribution in [3.8, 4) is 0 Å². The van der Waals surface area contributed by atoms with Gasteiger partial charge in [-0.05, 0) is 30.9 Å². The molecule has 86 valence electrons. The third-order valence-electron chi connectivity index (χ3n) is 3.39. The van der Waals surface area contributed by atoms with Crippen molar-refractivity contribution in [2.75, 3.05) is 0 Å². The van der Waals surface area contributed by atoms with Gasteiger partial charge >= 0.3 is 0 Å². The monoisotopic (exact) mass is 225 g/mol. The molecule has 0 saturated heterocycles. The van der Waals surface area contributed by atoms with Gasteiger partial charge in [0.25, 0.3) is 0 Å². The molecule has 1 saturated carbocycles. The molecule has 1 fully saturated rings. The Labute approximate surface area is 101 Å². The Morgan fingerprint density at radius 1 is 1.24 bits per heavy atom. The van der Waals surface area contributed by atoms with E-state index in [4.69, 9.17) is 0 Å². The van der Waals surface area contributed by atoms with E-state index in [9.17, 15) is 4.79 Å². The van der Waals surface area contributed by atoms with Crippen LogP contribution in [0.2, 0.25) is 0 Å². The van der Waals surface area contributed by atoms with Gasteiger partial charge in [0, 0.05) is 23.9 Å². The number of carbonyl (C=O) groups excluding carboxylic acids is 1. The maximum atomic E-state index is 11.7. The predicted octanol–water partition coefficient (Wildman–Crippen LogP) is 3.15.